The molecule has 1 aromatic rings. The molecule has 3 rings (SSSR count). The van der Waals surface area contributed by atoms with Crippen LogP contribution >= 0.6 is 0 Å². The van der Waals surface area contributed by atoms with Gasteiger partial charge in [-0.3, -0.25) is 19.4 Å². The second-order valence-electron chi connectivity index (χ2n) is 5.25. The highest BCUT2D eigenvalue weighted by molar-refractivity contribution is 5.96. The molecule has 1 aromatic heterocycles. The van der Waals surface area contributed by atoms with E-state index in [1.807, 2.05) is 0 Å². The van der Waals surface area contributed by atoms with Gasteiger partial charge in [0.05, 0.1) is 6.54 Å². The van der Waals surface area contributed by atoms with Crippen molar-refractivity contribution < 1.29 is 14.4 Å². The molecule has 2 fully saturated rings. The summed E-state index contributed by atoms with van der Waals surface area (Å²) in [5.74, 6) is -0.380. The SMILES string of the molecule is O=C(N[C@@H]1CCN2C(=O)CNC(=O)[C@@H]2C1)c1ccncc1. The third kappa shape index (κ3) is 2.72. The van der Waals surface area contributed by atoms with Gasteiger partial charge < -0.3 is 15.5 Å². The van der Waals surface area contributed by atoms with Crippen LogP contribution in [0.3, 0.4) is 0 Å². The van der Waals surface area contributed by atoms with E-state index < -0.39 is 6.04 Å². The van der Waals surface area contributed by atoms with Crippen LogP contribution < -0.4 is 10.6 Å². The molecule has 0 radical (unpaired) electrons. The van der Waals surface area contributed by atoms with Crippen LogP contribution in [0.15, 0.2) is 24.5 Å². The number of nitrogens with one attached hydrogen (secondary N) is 2. The number of rotatable bonds is 2. The molecule has 0 unspecified atom stereocenters. The lowest BCUT2D eigenvalue weighted by Gasteiger charge is -2.41. The lowest BCUT2D eigenvalue weighted by molar-refractivity contribution is -0.147. The molecule has 0 aromatic carbocycles. The van der Waals surface area contributed by atoms with Crippen molar-refractivity contribution in [2.24, 2.45) is 0 Å². The van der Waals surface area contributed by atoms with Gasteiger partial charge >= 0.3 is 0 Å². The Kier molecular flexibility index (Phi) is 3.55. The molecule has 0 spiro atoms. The second-order valence-corrected chi connectivity index (χ2v) is 5.25. The molecular formula is C14H16N4O3. The predicted molar refractivity (Wildman–Crippen MR) is 73.2 cm³/mol. The first kappa shape index (κ1) is 13.5. The molecule has 2 aliphatic rings. The number of piperazine rings is 1. The lowest BCUT2D eigenvalue weighted by atomic mass is 9.94. The number of hydrogen-bond acceptors (Lipinski definition) is 4. The molecule has 0 bridgehead atoms. The fraction of sp³-hybridized carbons (Fsp3) is 0.429. The van der Waals surface area contributed by atoms with Gasteiger partial charge in [0.2, 0.25) is 11.8 Å². The molecule has 2 aliphatic heterocycles. The monoisotopic (exact) mass is 288 g/mol. The van der Waals surface area contributed by atoms with Crippen LogP contribution in [-0.4, -0.2) is 52.8 Å². The molecule has 3 heterocycles. The third-order valence-corrected chi connectivity index (χ3v) is 3.92. The van der Waals surface area contributed by atoms with E-state index in [1.165, 1.54) is 0 Å². The Labute approximate surface area is 121 Å². The number of hydrogen-bond donors (Lipinski definition) is 2. The van der Waals surface area contributed by atoms with Crippen LogP contribution in [0.2, 0.25) is 0 Å². The van der Waals surface area contributed by atoms with Gasteiger partial charge in [0.1, 0.15) is 6.04 Å². The minimum Gasteiger partial charge on any atom is -0.349 e. The number of carbonyl (C=O) groups is 3. The molecule has 2 N–H and O–H groups in total. The van der Waals surface area contributed by atoms with Gasteiger partial charge in [-0.1, -0.05) is 0 Å². The Morgan fingerprint density at radius 1 is 1.33 bits per heavy atom. The number of nitrogens with zero attached hydrogens (tertiary/aromatic N) is 2. The van der Waals surface area contributed by atoms with Gasteiger partial charge in [-0.2, -0.15) is 0 Å². The number of fused-ring (bicyclic) bond motifs is 1. The average molecular weight is 288 g/mol. The molecule has 0 saturated carbocycles. The van der Waals surface area contributed by atoms with E-state index in [-0.39, 0.29) is 30.3 Å². The van der Waals surface area contributed by atoms with Crippen LogP contribution in [0.5, 0.6) is 0 Å². The minimum absolute atomic E-state index is 0.0569. The van der Waals surface area contributed by atoms with E-state index >= 15 is 0 Å². The van der Waals surface area contributed by atoms with E-state index in [4.69, 9.17) is 0 Å². The summed E-state index contributed by atoms with van der Waals surface area (Å²) in [5, 5.41) is 5.50. The van der Waals surface area contributed by atoms with Crippen molar-refractivity contribution in [1.82, 2.24) is 20.5 Å². The Morgan fingerprint density at radius 2 is 2.10 bits per heavy atom. The zero-order chi connectivity index (χ0) is 14.8. The smallest absolute Gasteiger partial charge is 0.251 e. The van der Waals surface area contributed by atoms with Crippen LogP contribution in [-0.2, 0) is 9.59 Å². The first-order valence-electron chi connectivity index (χ1n) is 6.93. The van der Waals surface area contributed by atoms with E-state index in [0.29, 0.717) is 24.9 Å². The number of piperidine rings is 1. The van der Waals surface area contributed by atoms with Crippen molar-refractivity contribution in [2.45, 2.75) is 24.9 Å². The standard InChI is InChI=1S/C14H16N4O3/c19-12-8-16-14(21)11-7-10(3-6-18(11)12)17-13(20)9-1-4-15-5-2-9/h1-2,4-5,10-11H,3,6-8H2,(H,16,21)(H,17,20)/t10-,11+/m1/s1. The highest BCUT2D eigenvalue weighted by atomic mass is 16.2. The molecule has 2 saturated heterocycles. The first-order chi connectivity index (χ1) is 10.1. The van der Waals surface area contributed by atoms with Crippen LogP contribution in [0.1, 0.15) is 23.2 Å². The number of pyridine rings is 1. The first-order valence-corrected chi connectivity index (χ1v) is 6.93. The molecule has 2 atom stereocenters. The van der Waals surface area contributed by atoms with Crippen LogP contribution in [0.25, 0.3) is 0 Å². The maximum atomic E-state index is 12.1. The van der Waals surface area contributed by atoms with Gasteiger partial charge in [-0.05, 0) is 25.0 Å². The van der Waals surface area contributed by atoms with E-state index in [0.717, 1.165) is 0 Å². The normalized spacial score (nSPS) is 25.0. The molecule has 110 valence electrons. The Balaban J connectivity index is 1.65. The van der Waals surface area contributed by atoms with E-state index in [1.54, 1.807) is 29.4 Å². The zero-order valence-electron chi connectivity index (χ0n) is 11.4. The van der Waals surface area contributed by atoms with Crippen molar-refractivity contribution >= 4 is 17.7 Å². The maximum Gasteiger partial charge on any atom is 0.251 e. The number of aromatic nitrogens is 1. The second kappa shape index (κ2) is 5.51. The zero-order valence-corrected chi connectivity index (χ0v) is 11.4. The summed E-state index contributed by atoms with van der Waals surface area (Å²) in [6.07, 6.45) is 4.23. The fourth-order valence-electron chi connectivity index (χ4n) is 2.80. The van der Waals surface area contributed by atoms with Crippen molar-refractivity contribution in [3.8, 4) is 0 Å². The van der Waals surface area contributed by atoms with Crippen molar-refractivity contribution in [1.29, 1.82) is 0 Å². The highest BCUT2D eigenvalue weighted by Crippen LogP contribution is 2.20. The molecule has 0 aliphatic carbocycles. The van der Waals surface area contributed by atoms with Gasteiger partial charge in [0, 0.05) is 30.5 Å². The largest absolute Gasteiger partial charge is 0.349 e. The van der Waals surface area contributed by atoms with Crippen molar-refractivity contribution in [2.75, 3.05) is 13.1 Å². The minimum atomic E-state index is -0.470. The quantitative estimate of drug-likeness (QED) is 0.753. The van der Waals surface area contributed by atoms with E-state index in [2.05, 4.69) is 15.6 Å². The van der Waals surface area contributed by atoms with Gasteiger partial charge in [-0.25, -0.2) is 0 Å². The summed E-state index contributed by atoms with van der Waals surface area (Å²) in [5.41, 5.74) is 0.539. The van der Waals surface area contributed by atoms with Gasteiger partial charge in [-0.15, -0.1) is 0 Å². The summed E-state index contributed by atoms with van der Waals surface area (Å²) in [6, 6.07) is 2.70. The topological polar surface area (TPSA) is 91.4 Å². The highest BCUT2D eigenvalue weighted by Gasteiger charge is 2.39. The van der Waals surface area contributed by atoms with Crippen molar-refractivity contribution in [3.05, 3.63) is 30.1 Å². The molecule has 7 nitrogen and oxygen atoms in total. The number of carbonyl (C=O) groups excluding carboxylic acids is 3. The molecule has 7 heteroatoms. The molecule has 3 amide bonds. The maximum absolute atomic E-state index is 12.1. The summed E-state index contributed by atoms with van der Waals surface area (Å²) in [4.78, 5) is 41.2. The van der Waals surface area contributed by atoms with Crippen LogP contribution in [0.4, 0.5) is 0 Å². The van der Waals surface area contributed by atoms with E-state index in [9.17, 15) is 14.4 Å². The predicted octanol–water partition coefficient (Wildman–Crippen LogP) is -0.699. The summed E-state index contributed by atoms with van der Waals surface area (Å²) in [7, 11) is 0. The lowest BCUT2D eigenvalue weighted by Crippen LogP contribution is -2.63. The Morgan fingerprint density at radius 3 is 2.86 bits per heavy atom. The van der Waals surface area contributed by atoms with Crippen LogP contribution in [0, 0.1) is 0 Å². The van der Waals surface area contributed by atoms with Gasteiger partial charge in [0.15, 0.2) is 0 Å². The third-order valence-electron chi connectivity index (χ3n) is 3.92. The average Bonchev–Trinajstić information content (AvgIpc) is 2.52. The fourth-order valence-corrected chi connectivity index (χ4v) is 2.80. The van der Waals surface area contributed by atoms with Crippen molar-refractivity contribution in [3.63, 3.8) is 0 Å². The number of amides is 3. The van der Waals surface area contributed by atoms with Gasteiger partial charge in [0.25, 0.3) is 5.91 Å². The summed E-state index contributed by atoms with van der Waals surface area (Å²) >= 11 is 0. The Hall–Kier alpha value is -2.44. The molecule has 21 heavy (non-hydrogen) atoms. The summed E-state index contributed by atoms with van der Waals surface area (Å²) < 4.78 is 0. The Bertz CT molecular complexity index is 575. The summed E-state index contributed by atoms with van der Waals surface area (Å²) in [6.45, 7) is 0.571. The molecular weight excluding hydrogens is 272 g/mol.